The van der Waals surface area contributed by atoms with Crippen molar-refractivity contribution >= 4 is 18.1 Å². The Morgan fingerprint density at radius 3 is 1.40 bits per heavy atom. The van der Waals surface area contributed by atoms with Gasteiger partial charge < -0.3 is 17.3 Å². The second-order valence-corrected chi connectivity index (χ2v) is 7.27. The highest BCUT2D eigenvalue weighted by atomic mass is 32.2. The van der Waals surface area contributed by atoms with E-state index >= 15 is 0 Å². The average Bonchev–Trinajstić information content (AvgIpc) is 2.56. The van der Waals surface area contributed by atoms with Crippen molar-refractivity contribution in [3.05, 3.63) is 90.5 Å². The molecule has 6 heteroatoms. The van der Waals surface area contributed by atoms with Crippen LogP contribution < -0.4 is 0 Å². The summed E-state index contributed by atoms with van der Waals surface area (Å²) in [6.07, 6.45) is 0. The summed E-state index contributed by atoms with van der Waals surface area (Å²) < 4.78 is 39.0. The number of hydrogen-bond acceptors (Lipinski definition) is 0. The largest absolute Gasteiger partial charge is 0.673 e. The maximum absolute atomic E-state index is 9.75. The quantitative estimate of drug-likeness (QED) is 0.287. The Kier molecular flexibility index (Phi) is 6.70. The summed E-state index contributed by atoms with van der Waals surface area (Å²) in [4.78, 5) is 4.11. The van der Waals surface area contributed by atoms with Crippen LogP contribution in [0.15, 0.2) is 99.6 Å². The number of benzene rings is 3. The Hall–Kier alpha value is -2.21. The van der Waals surface area contributed by atoms with Crippen molar-refractivity contribution in [3.63, 3.8) is 0 Å². The van der Waals surface area contributed by atoms with Crippen molar-refractivity contribution in [3.8, 4) is 0 Å². The van der Waals surface area contributed by atoms with E-state index in [9.17, 15) is 17.3 Å². The molecule has 0 aliphatic heterocycles. The Morgan fingerprint density at radius 2 is 1.00 bits per heavy atom. The van der Waals surface area contributed by atoms with E-state index < -0.39 is 7.25 Å². The molecule has 0 saturated heterocycles. The monoisotopic (exact) mass is 364 g/mol. The molecule has 0 N–H and O–H groups in total. The van der Waals surface area contributed by atoms with Crippen LogP contribution in [0.1, 0.15) is 5.56 Å². The molecule has 0 radical (unpaired) electrons. The van der Waals surface area contributed by atoms with E-state index in [0.717, 1.165) is 0 Å². The van der Waals surface area contributed by atoms with Gasteiger partial charge in [-0.2, -0.15) is 0 Å². The van der Waals surface area contributed by atoms with E-state index in [0.29, 0.717) is 0 Å². The van der Waals surface area contributed by atoms with Crippen LogP contribution in [0.2, 0.25) is 0 Å². The fraction of sp³-hybridized carbons (Fsp3) is 0.0526. The van der Waals surface area contributed by atoms with Crippen LogP contribution in [0.25, 0.3) is 0 Å². The van der Waals surface area contributed by atoms with Gasteiger partial charge in [-0.1, -0.05) is 48.5 Å². The highest BCUT2D eigenvalue weighted by Gasteiger charge is 2.27. The standard InChI is InChI=1S/C19H17S.BF4/c1-16-9-8-14-19(15-16)20(17-10-4-2-5-11-17)18-12-6-3-7-13-18;2-1(3,4)5/h2-15H,1H3;/q+1;-1. The summed E-state index contributed by atoms with van der Waals surface area (Å²) in [5.41, 5.74) is 1.31. The van der Waals surface area contributed by atoms with Gasteiger partial charge in [0.15, 0.2) is 14.7 Å². The van der Waals surface area contributed by atoms with Crippen molar-refractivity contribution in [1.29, 1.82) is 0 Å². The van der Waals surface area contributed by atoms with Gasteiger partial charge in [0.25, 0.3) is 0 Å². The lowest BCUT2D eigenvalue weighted by Crippen LogP contribution is -2.04. The Labute approximate surface area is 148 Å². The Balaban J connectivity index is 0.000000399. The first-order valence-electron chi connectivity index (χ1n) is 7.63. The third kappa shape index (κ3) is 6.67. The number of halogens is 4. The summed E-state index contributed by atoms with van der Waals surface area (Å²) in [7, 11) is -6.02. The number of rotatable bonds is 3. The minimum atomic E-state index is -6.00. The molecule has 3 rings (SSSR count). The predicted molar refractivity (Wildman–Crippen MR) is 96.4 cm³/mol. The van der Waals surface area contributed by atoms with Crippen LogP contribution in [0.5, 0.6) is 0 Å². The number of aryl methyl sites for hydroxylation is 1. The summed E-state index contributed by atoms with van der Waals surface area (Å²) in [5, 5.41) is 0. The molecular weight excluding hydrogens is 347 g/mol. The molecule has 0 spiro atoms. The third-order valence-electron chi connectivity index (χ3n) is 3.18. The lowest BCUT2D eigenvalue weighted by Gasteiger charge is -2.08. The van der Waals surface area contributed by atoms with Crippen molar-refractivity contribution in [2.45, 2.75) is 21.6 Å². The lowest BCUT2D eigenvalue weighted by molar-refractivity contribution is 0.368. The first-order chi connectivity index (χ1) is 11.8. The van der Waals surface area contributed by atoms with Gasteiger partial charge in [-0.15, -0.1) is 0 Å². The topological polar surface area (TPSA) is 0 Å². The zero-order valence-electron chi connectivity index (χ0n) is 13.6. The molecule has 130 valence electrons. The van der Waals surface area contributed by atoms with Crippen LogP contribution in [-0.2, 0) is 10.9 Å². The molecule has 0 unspecified atom stereocenters. The maximum Gasteiger partial charge on any atom is 0.673 e. The van der Waals surface area contributed by atoms with Crippen molar-refractivity contribution < 1.29 is 17.3 Å². The van der Waals surface area contributed by atoms with Crippen molar-refractivity contribution in [2.75, 3.05) is 0 Å². The fourth-order valence-electron chi connectivity index (χ4n) is 2.26. The molecule has 0 aromatic heterocycles. The van der Waals surface area contributed by atoms with Gasteiger partial charge in [0.2, 0.25) is 0 Å². The van der Waals surface area contributed by atoms with Crippen LogP contribution in [0.4, 0.5) is 17.3 Å². The van der Waals surface area contributed by atoms with Gasteiger partial charge in [-0.05, 0) is 48.9 Å². The van der Waals surface area contributed by atoms with E-state index in [2.05, 4.69) is 91.9 Å². The molecular formula is C19H17BF4S. The van der Waals surface area contributed by atoms with Gasteiger partial charge in [-0.25, -0.2) is 0 Å². The summed E-state index contributed by atoms with van der Waals surface area (Å²) >= 11 is 0. The minimum Gasteiger partial charge on any atom is -0.418 e. The van der Waals surface area contributed by atoms with Gasteiger partial charge in [0, 0.05) is 0 Å². The van der Waals surface area contributed by atoms with E-state index in [1.54, 1.807) is 0 Å². The molecule has 0 bridgehead atoms. The summed E-state index contributed by atoms with van der Waals surface area (Å²) in [5.74, 6) is 0. The smallest absolute Gasteiger partial charge is 0.418 e. The molecule has 25 heavy (non-hydrogen) atoms. The molecule has 0 heterocycles. The van der Waals surface area contributed by atoms with Crippen LogP contribution in [0, 0.1) is 6.92 Å². The fourth-order valence-corrected chi connectivity index (χ4v) is 4.46. The first-order valence-corrected chi connectivity index (χ1v) is 8.85. The van der Waals surface area contributed by atoms with Gasteiger partial charge in [0.05, 0.1) is 10.9 Å². The summed E-state index contributed by atoms with van der Waals surface area (Å²) in [6, 6.07) is 30.3. The SMILES string of the molecule is Cc1cccc([S+](c2ccccc2)c2ccccc2)c1.F[B-](F)(F)F. The Bertz CT molecular complexity index is 731. The van der Waals surface area contributed by atoms with Crippen molar-refractivity contribution in [2.24, 2.45) is 0 Å². The second kappa shape index (κ2) is 8.76. The zero-order chi connectivity index (χ0) is 18.3. The predicted octanol–water partition coefficient (Wildman–Crippen LogP) is 6.39. The molecule has 0 saturated carbocycles. The van der Waals surface area contributed by atoms with Gasteiger partial charge in [-0.3, -0.25) is 0 Å². The van der Waals surface area contributed by atoms with Crippen LogP contribution >= 0.6 is 0 Å². The molecule has 0 fully saturated rings. The lowest BCUT2D eigenvalue weighted by atomic mass is 10.2. The van der Waals surface area contributed by atoms with Crippen LogP contribution in [0.3, 0.4) is 0 Å². The van der Waals surface area contributed by atoms with E-state index in [1.165, 1.54) is 20.2 Å². The zero-order valence-corrected chi connectivity index (χ0v) is 14.4. The van der Waals surface area contributed by atoms with Gasteiger partial charge in [0.1, 0.15) is 0 Å². The highest BCUT2D eigenvalue weighted by molar-refractivity contribution is 7.97. The van der Waals surface area contributed by atoms with Crippen LogP contribution in [-0.4, -0.2) is 7.25 Å². The molecule has 3 aromatic carbocycles. The average molecular weight is 364 g/mol. The van der Waals surface area contributed by atoms with E-state index in [1.807, 2.05) is 0 Å². The van der Waals surface area contributed by atoms with Crippen molar-refractivity contribution in [1.82, 2.24) is 0 Å². The minimum absolute atomic E-state index is 0.0249. The molecule has 0 nitrogen and oxygen atoms in total. The number of hydrogen-bond donors (Lipinski definition) is 0. The molecule has 0 aliphatic rings. The molecule has 0 atom stereocenters. The maximum atomic E-state index is 9.75. The summed E-state index contributed by atoms with van der Waals surface area (Å²) in [6.45, 7) is 2.15. The highest BCUT2D eigenvalue weighted by Crippen LogP contribution is 2.31. The molecule has 0 aliphatic carbocycles. The first kappa shape index (κ1) is 19.1. The van der Waals surface area contributed by atoms with Gasteiger partial charge >= 0.3 is 7.25 Å². The third-order valence-corrected chi connectivity index (χ3v) is 5.40. The molecule has 3 aromatic rings. The molecule has 0 amide bonds. The second-order valence-electron chi connectivity index (χ2n) is 5.24. The normalized spacial score (nSPS) is 11.0. The van der Waals surface area contributed by atoms with E-state index in [-0.39, 0.29) is 10.9 Å². The van der Waals surface area contributed by atoms with E-state index in [4.69, 9.17) is 0 Å². The Morgan fingerprint density at radius 1 is 0.600 bits per heavy atom.